The summed E-state index contributed by atoms with van der Waals surface area (Å²) >= 11 is 5.77. The first-order chi connectivity index (χ1) is 11.6. The molecule has 132 valence electrons. The van der Waals surface area contributed by atoms with Crippen molar-refractivity contribution in [2.24, 2.45) is 0 Å². The van der Waals surface area contributed by atoms with E-state index in [9.17, 15) is 21.6 Å². The topological polar surface area (TPSA) is 79.2 Å². The lowest BCUT2D eigenvalue weighted by Crippen LogP contribution is -2.20. The molecule has 0 aromatic heterocycles. The Kier molecular flexibility index (Phi) is 5.45. The van der Waals surface area contributed by atoms with Crippen molar-refractivity contribution in [3.05, 3.63) is 53.1 Å². The van der Waals surface area contributed by atoms with Crippen LogP contribution < -0.4 is 9.46 Å². The average Bonchev–Trinajstić information content (AvgIpc) is 2.53. The number of rotatable bonds is 5. The van der Waals surface area contributed by atoms with Crippen LogP contribution in [0.25, 0.3) is 0 Å². The highest BCUT2D eigenvalue weighted by atomic mass is 35.5. The molecule has 1 N–H and O–H groups in total. The fourth-order valence-corrected chi connectivity index (χ4v) is 3.08. The maximum Gasteiger partial charge on any atom is 0.422 e. The smallest absolute Gasteiger partial charge is 0.422 e. The first kappa shape index (κ1) is 18.9. The van der Waals surface area contributed by atoms with Crippen LogP contribution in [0.3, 0.4) is 0 Å². The van der Waals surface area contributed by atoms with Crippen LogP contribution in [-0.4, -0.2) is 21.2 Å². The minimum Gasteiger partial charge on any atom is -0.482 e. The van der Waals surface area contributed by atoms with Crippen LogP contribution >= 0.6 is 11.6 Å². The Bertz CT molecular complexity index is 924. The van der Waals surface area contributed by atoms with Gasteiger partial charge in [-0.2, -0.15) is 18.4 Å². The van der Waals surface area contributed by atoms with Gasteiger partial charge in [-0.3, -0.25) is 4.72 Å². The number of ether oxygens (including phenoxy) is 1. The van der Waals surface area contributed by atoms with Crippen molar-refractivity contribution >= 4 is 27.3 Å². The summed E-state index contributed by atoms with van der Waals surface area (Å²) in [6.45, 7) is -1.59. The molecule has 25 heavy (non-hydrogen) atoms. The first-order valence-electron chi connectivity index (χ1n) is 6.63. The second-order valence-corrected chi connectivity index (χ2v) is 6.91. The second kappa shape index (κ2) is 7.21. The fourth-order valence-electron chi connectivity index (χ4n) is 1.80. The van der Waals surface area contributed by atoms with Gasteiger partial charge in [-0.15, -0.1) is 0 Å². The maximum absolute atomic E-state index is 12.4. The third kappa shape index (κ3) is 5.27. The van der Waals surface area contributed by atoms with Gasteiger partial charge >= 0.3 is 6.18 Å². The predicted molar refractivity (Wildman–Crippen MR) is 85.0 cm³/mol. The lowest BCUT2D eigenvalue weighted by atomic mass is 10.2. The zero-order valence-corrected chi connectivity index (χ0v) is 13.9. The van der Waals surface area contributed by atoms with Gasteiger partial charge in [-0.1, -0.05) is 17.7 Å². The van der Waals surface area contributed by atoms with E-state index in [2.05, 4.69) is 9.46 Å². The van der Waals surface area contributed by atoms with Gasteiger partial charge in [0.1, 0.15) is 5.75 Å². The van der Waals surface area contributed by atoms with Gasteiger partial charge in [0.25, 0.3) is 10.0 Å². The number of sulfonamides is 1. The van der Waals surface area contributed by atoms with Crippen LogP contribution in [0.4, 0.5) is 18.9 Å². The molecule has 0 aliphatic heterocycles. The normalized spacial score (nSPS) is 11.6. The van der Waals surface area contributed by atoms with Crippen molar-refractivity contribution < 1.29 is 26.3 Å². The van der Waals surface area contributed by atoms with Gasteiger partial charge in [-0.05, 0) is 36.4 Å². The van der Waals surface area contributed by atoms with Crippen LogP contribution in [0.15, 0.2) is 47.4 Å². The third-order valence-corrected chi connectivity index (χ3v) is 4.45. The summed E-state index contributed by atoms with van der Waals surface area (Å²) in [6, 6.07) is 10.5. The Morgan fingerprint density at radius 1 is 1.20 bits per heavy atom. The Balaban J connectivity index is 2.34. The fraction of sp³-hybridized carbons (Fsp3) is 0.133. The second-order valence-electron chi connectivity index (χ2n) is 4.79. The number of hydrogen-bond acceptors (Lipinski definition) is 4. The summed E-state index contributed by atoms with van der Waals surface area (Å²) in [5.74, 6) is -0.332. The number of halogens is 4. The third-order valence-electron chi connectivity index (χ3n) is 2.85. The molecule has 10 heteroatoms. The zero-order valence-electron chi connectivity index (χ0n) is 12.3. The minimum atomic E-state index is -4.59. The van der Waals surface area contributed by atoms with Gasteiger partial charge in [0.05, 0.1) is 22.2 Å². The molecule has 0 amide bonds. The van der Waals surface area contributed by atoms with Crippen molar-refractivity contribution in [2.75, 3.05) is 11.3 Å². The van der Waals surface area contributed by atoms with E-state index in [0.717, 1.165) is 18.2 Å². The zero-order chi connectivity index (χ0) is 18.7. The van der Waals surface area contributed by atoms with Crippen molar-refractivity contribution in [1.29, 1.82) is 5.26 Å². The first-order valence-corrected chi connectivity index (χ1v) is 8.49. The van der Waals surface area contributed by atoms with E-state index in [4.69, 9.17) is 16.9 Å². The van der Waals surface area contributed by atoms with E-state index >= 15 is 0 Å². The molecule has 0 fully saturated rings. The molecule has 0 unspecified atom stereocenters. The molecule has 2 aromatic rings. The molecule has 0 bridgehead atoms. The van der Waals surface area contributed by atoms with E-state index in [-0.39, 0.29) is 26.9 Å². The Morgan fingerprint density at radius 2 is 1.92 bits per heavy atom. The molecule has 0 spiro atoms. The molecule has 0 atom stereocenters. The maximum atomic E-state index is 12.4. The largest absolute Gasteiger partial charge is 0.482 e. The SMILES string of the molecule is N#Cc1cccc(S(=O)(=O)Nc2cc(Cl)ccc2OCC(F)(F)F)c1. The molecule has 0 aliphatic carbocycles. The van der Waals surface area contributed by atoms with Crippen LogP contribution in [0, 0.1) is 11.3 Å². The molecule has 2 aromatic carbocycles. The van der Waals surface area contributed by atoms with Gasteiger partial charge in [0.15, 0.2) is 6.61 Å². The van der Waals surface area contributed by atoms with E-state index in [1.54, 1.807) is 6.07 Å². The van der Waals surface area contributed by atoms with Gasteiger partial charge in [0, 0.05) is 5.02 Å². The number of alkyl halides is 3. The summed E-state index contributed by atoms with van der Waals surface area (Å²) in [6.07, 6.45) is -4.59. The summed E-state index contributed by atoms with van der Waals surface area (Å²) < 4.78 is 68.5. The van der Waals surface area contributed by atoms with Gasteiger partial charge < -0.3 is 4.74 Å². The van der Waals surface area contributed by atoms with E-state index in [1.807, 2.05) is 0 Å². The van der Waals surface area contributed by atoms with Crippen LogP contribution in [0.1, 0.15) is 5.56 Å². The molecule has 0 heterocycles. The Hall–Kier alpha value is -2.44. The van der Waals surface area contributed by atoms with Gasteiger partial charge in [0.2, 0.25) is 0 Å². The Morgan fingerprint density at radius 3 is 2.56 bits per heavy atom. The number of nitrogens with one attached hydrogen (secondary N) is 1. The molecule has 0 saturated heterocycles. The highest BCUT2D eigenvalue weighted by Gasteiger charge is 2.29. The average molecular weight is 391 g/mol. The van der Waals surface area contributed by atoms with Crippen molar-refractivity contribution in [1.82, 2.24) is 0 Å². The van der Waals surface area contributed by atoms with Crippen LogP contribution in [-0.2, 0) is 10.0 Å². The summed E-state index contributed by atoms with van der Waals surface area (Å²) in [5, 5.41) is 8.93. The highest BCUT2D eigenvalue weighted by Crippen LogP contribution is 2.31. The number of nitrogens with zero attached hydrogens (tertiary/aromatic N) is 1. The molecule has 0 saturated carbocycles. The number of nitriles is 1. The van der Waals surface area contributed by atoms with Crippen LogP contribution in [0.2, 0.25) is 5.02 Å². The summed E-state index contributed by atoms with van der Waals surface area (Å²) in [5.41, 5.74) is -0.137. The lowest BCUT2D eigenvalue weighted by molar-refractivity contribution is -0.153. The van der Waals surface area contributed by atoms with Gasteiger partial charge in [-0.25, -0.2) is 8.42 Å². The van der Waals surface area contributed by atoms with E-state index < -0.39 is 22.8 Å². The summed E-state index contributed by atoms with van der Waals surface area (Å²) in [4.78, 5) is -0.228. The number of anilines is 1. The van der Waals surface area contributed by atoms with Crippen molar-refractivity contribution in [3.63, 3.8) is 0 Å². The molecule has 0 radical (unpaired) electrons. The predicted octanol–water partition coefficient (Wildman–Crippen LogP) is 3.95. The van der Waals surface area contributed by atoms with E-state index in [0.29, 0.717) is 0 Å². The van der Waals surface area contributed by atoms with Crippen molar-refractivity contribution in [2.45, 2.75) is 11.1 Å². The van der Waals surface area contributed by atoms with Crippen LogP contribution in [0.5, 0.6) is 5.75 Å². The molecule has 0 aliphatic rings. The molecular formula is C15H10ClF3N2O3S. The standard InChI is InChI=1S/C15H10ClF3N2O3S/c16-11-4-5-14(24-9-15(17,18)19)13(7-11)21-25(22,23)12-3-1-2-10(6-12)8-20/h1-7,21H,9H2. The quantitative estimate of drug-likeness (QED) is 0.838. The minimum absolute atomic E-state index is 0.0998. The van der Waals surface area contributed by atoms with Crippen molar-refractivity contribution in [3.8, 4) is 11.8 Å². The highest BCUT2D eigenvalue weighted by molar-refractivity contribution is 7.92. The molecule has 2 rings (SSSR count). The Labute approximate surface area is 146 Å². The number of benzene rings is 2. The van der Waals surface area contributed by atoms with E-state index in [1.165, 1.54) is 24.3 Å². The summed E-state index contributed by atoms with van der Waals surface area (Å²) in [7, 11) is -4.16. The molecular weight excluding hydrogens is 381 g/mol. The molecule has 5 nitrogen and oxygen atoms in total. The number of hydrogen-bond donors (Lipinski definition) is 1. The lowest BCUT2D eigenvalue weighted by Gasteiger charge is -2.15. The monoisotopic (exact) mass is 390 g/mol.